The summed E-state index contributed by atoms with van der Waals surface area (Å²) in [6.07, 6.45) is 1.27. The molecule has 7 heteroatoms. The number of benzene rings is 3. The average molecular weight is 532 g/mol. The highest BCUT2D eigenvalue weighted by Crippen LogP contribution is 2.40. The van der Waals surface area contributed by atoms with Crippen molar-refractivity contribution in [1.82, 2.24) is 4.90 Å². The molecular weight excluding hydrogens is 497 g/mol. The summed E-state index contributed by atoms with van der Waals surface area (Å²) in [7, 11) is 0. The van der Waals surface area contributed by atoms with Gasteiger partial charge in [0.05, 0.1) is 24.3 Å². The normalized spacial score (nSPS) is 16.7. The lowest BCUT2D eigenvalue weighted by Crippen LogP contribution is -2.31. The number of Topliss-reactive ketones (excluding diaryl/α,β-unsaturated/α-hetero) is 1. The number of aliphatic hydroxyl groups is 1. The molecule has 3 aromatic rings. The fraction of sp³-hybridized carbons (Fsp3) is 0.312. The smallest absolute Gasteiger partial charge is 0.295 e. The molecule has 1 N–H and O–H groups in total. The number of ketones is 1. The summed E-state index contributed by atoms with van der Waals surface area (Å²) in [5.74, 6) is -0.658. The summed E-state index contributed by atoms with van der Waals surface area (Å²) >= 11 is 0. The Bertz CT molecular complexity index is 1360. The number of aliphatic hydroxyl groups excluding tert-OH is 1. The summed E-state index contributed by atoms with van der Waals surface area (Å²) < 4.78 is 24.9. The number of nitrogens with zero attached hydrogens (tertiary/aromatic N) is 1. The summed E-state index contributed by atoms with van der Waals surface area (Å²) in [6.45, 7) is 8.53. The molecule has 204 valence electrons. The number of halogens is 1. The van der Waals surface area contributed by atoms with Crippen LogP contribution in [0.2, 0.25) is 0 Å². The van der Waals surface area contributed by atoms with Crippen LogP contribution in [0.5, 0.6) is 11.5 Å². The van der Waals surface area contributed by atoms with Crippen LogP contribution in [0.15, 0.2) is 72.3 Å². The van der Waals surface area contributed by atoms with Crippen molar-refractivity contribution in [3.63, 3.8) is 0 Å². The van der Waals surface area contributed by atoms with Crippen LogP contribution < -0.4 is 9.47 Å². The van der Waals surface area contributed by atoms with E-state index in [9.17, 15) is 19.1 Å². The SMILES string of the molecule is CCCOc1ccc(/C(O)=C2/C(=O)C(=O)N(CCc3ccc(F)cc3)C2c2ccc(OC(C)C)cc2)cc1C. The number of hydrogen-bond acceptors (Lipinski definition) is 5. The molecule has 39 heavy (non-hydrogen) atoms. The van der Waals surface area contributed by atoms with Crippen LogP contribution in [0, 0.1) is 12.7 Å². The van der Waals surface area contributed by atoms with E-state index < -0.39 is 17.7 Å². The Morgan fingerprint density at radius 1 is 1.03 bits per heavy atom. The molecule has 1 aliphatic heterocycles. The molecule has 1 saturated heterocycles. The van der Waals surface area contributed by atoms with Gasteiger partial charge in [0.15, 0.2) is 0 Å². The van der Waals surface area contributed by atoms with Crippen molar-refractivity contribution in [1.29, 1.82) is 0 Å². The third-order valence-corrected chi connectivity index (χ3v) is 6.57. The lowest BCUT2D eigenvalue weighted by molar-refractivity contribution is -0.139. The van der Waals surface area contributed by atoms with Gasteiger partial charge in [0.25, 0.3) is 11.7 Å². The maximum absolute atomic E-state index is 13.4. The fourth-order valence-electron chi connectivity index (χ4n) is 4.68. The van der Waals surface area contributed by atoms with Crippen LogP contribution in [0.4, 0.5) is 4.39 Å². The summed E-state index contributed by atoms with van der Waals surface area (Å²) in [5, 5.41) is 11.4. The van der Waals surface area contributed by atoms with Crippen LogP contribution in [-0.4, -0.2) is 41.0 Å². The number of aryl methyl sites for hydroxylation is 1. The average Bonchev–Trinajstić information content (AvgIpc) is 3.16. The Morgan fingerprint density at radius 2 is 1.72 bits per heavy atom. The first-order chi connectivity index (χ1) is 18.7. The van der Waals surface area contributed by atoms with Crippen LogP contribution in [0.25, 0.3) is 5.76 Å². The van der Waals surface area contributed by atoms with Gasteiger partial charge in [-0.1, -0.05) is 31.2 Å². The maximum Gasteiger partial charge on any atom is 0.295 e. The number of likely N-dealkylation sites (tertiary alicyclic amines) is 1. The van der Waals surface area contributed by atoms with E-state index in [1.54, 1.807) is 54.6 Å². The van der Waals surface area contributed by atoms with Crippen molar-refractivity contribution in [3.05, 3.63) is 100 Å². The fourth-order valence-corrected chi connectivity index (χ4v) is 4.68. The quantitative estimate of drug-likeness (QED) is 0.187. The third kappa shape index (κ3) is 6.30. The molecule has 4 rings (SSSR count). The van der Waals surface area contributed by atoms with E-state index >= 15 is 0 Å². The van der Waals surface area contributed by atoms with Gasteiger partial charge in [-0.15, -0.1) is 0 Å². The van der Waals surface area contributed by atoms with Crippen LogP contribution in [-0.2, 0) is 16.0 Å². The Hall–Kier alpha value is -4.13. The zero-order chi connectivity index (χ0) is 28.1. The second-order valence-electron chi connectivity index (χ2n) is 9.93. The van der Waals surface area contributed by atoms with E-state index in [4.69, 9.17) is 9.47 Å². The highest BCUT2D eigenvalue weighted by molar-refractivity contribution is 6.46. The van der Waals surface area contributed by atoms with E-state index in [-0.39, 0.29) is 29.8 Å². The molecular formula is C32H34FNO5. The minimum atomic E-state index is -0.796. The first-order valence-corrected chi connectivity index (χ1v) is 13.2. The van der Waals surface area contributed by atoms with E-state index in [1.807, 2.05) is 27.7 Å². The van der Waals surface area contributed by atoms with Crippen LogP contribution >= 0.6 is 0 Å². The van der Waals surface area contributed by atoms with E-state index in [1.165, 1.54) is 17.0 Å². The number of amides is 1. The van der Waals surface area contributed by atoms with Crippen molar-refractivity contribution in [2.75, 3.05) is 13.2 Å². The summed E-state index contributed by atoms with van der Waals surface area (Å²) in [4.78, 5) is 28.1. The molecule has 0 saturated carbocycles. The molecule has 6 nitrogen and oxygen atoms in total. The lowest BCUT2D eigenvalue weighted by atomic mass is 9.94. The van der Waals surface area contributed by atoms with Crippen molar-refractivity contribution < 1.29 is 28.6 Å². The topological polar surface area (TPSA) is 76.1 Å². The van der Waals surface area contributed by atoms with Crippen molar-refractivity contribution in [2.24, 2.45) is 0 Å². The molecule has 1 amide bonds. The molecule has 3 aromatic carbocycles. The largest absolute Gasteiger partial charge is 0.507 e. The molecule has 1 heterocycles. The van der Waals surface area contributed by atoms with E-state index in [0.29, 0.717) is 35.7 Å². The van der Waals surface area contributed by atoms with Gasteiger partial charge in [-0.05, 0) is 92.8 Å². The number of carbonyl (C=O) groups is 2. The standard InChI is InChI=1S/C32H34FNO5/c1-5-18-38-27-15-10-24(19-21(27)4)30(35)28-29(23-8-13-26(14-9-23)39-20(2)3)34(32(37)31(28)36)17-16-22-6-11-25(33)12-7-22/h6-15,19-20,29,35H,5,16-18H2,1-4H3/b30-28-. The van der Waals surface area contributed by atoms with E-state index in [2.05, 4.69) is 0 Å². The van der Waals surface area contributed by atoms with Gasteiger partial charge in [-0.25, -0.2) is 4.39 Å². The van der Waals surface area contributed by atoms with E-state index in [0.717, 1.165) is 17.5 Å². The minimum Gasteiger partial charge on any atom is -0.507 e. The van der Waals surface area contributed by atoms with Crippen molar-refractivity contribution in [2.45, 2.75) is 52.7 Å². The monoisotopic (exact) mass is 531 g/mol. The predicted octanol–water partition coefficient (Wildman–Crippen LogP) is 6.37. The first kappa shape index (κ1) is 27.9. The number of carbonyl (C=O) groups excluding carboxylic acids is 2. The second-order valence-corrected chi connectivity index (χ2v) is 9.93. The zero-order valence-corrected chi connectivity index (χ0v) is 22.7. The maximum atomic E-state index is 13.4. The molecule has 1 atom stereocenters. The Balaban J connectivity index is 1.74. The predicted molar refractivity (Wildman–Crippen MR) is 148 cm³/mol. The lowest BCUT2D eigenvalue weighted by Gasteiger charge is -2.26. The molecule has 0 bridgehead atoms. The highest BCUT2D eigenvalue weighted by atomic mass is 19.1. The van der Waals surface area contributed by atoms with Gasteiger partial charge in [-0.2, -0.15) is 0 Å². The van der Waals surface area contributed by atoms with Gasteiger partial charge in [0, 0.05) is 12.1 Å². The molecule has 0 radical (unpaired) electrons. The Morgan fingerprint density at radius 3 is 2.33 bits per heavy atom. The molecule has 0 aromatic heterocycles. The van der Waals surface area contributed by atoms with Crippen molar-refractivity contribution in [3.8, 4) is 11.5 Å². The first-order valence-electron chi connectivity index (χ1n) is 13.2. The number of ether oxygens (including phenoxy) is 2. The highest BCUT2D eigenvalue weighted by Gasteiger charge is 2.45. The second kappa shape index (κ2) is 12.2. The molecule has 0 aliphatic carbocycles. The molecule has 1 unspecified atom stereocenters. The van der Waals surface area contributed by atoms with Gasteiger partial charge in [0.1, 0.15) is 23.1 Å². The molecule has 1 fully saturated rings. The van der Waals surface area contributed by atoms with Gasteiger partial charge in [0.2, 0.25) is 0 Å². The number of rotatable bonds is 10. The molecule has 0 spiro atoms. The van der Waals surface area contributed by atoms with Crippen molar-refractivity contribution >= 4 is 17.4 Å². The Kier molecular flexibility index (Phi) is 8.69. The molecule has 1 aliphatic rings. The zero-order valence-electron chi connectivity index (χ0n) is 22.7. The third-order valence-electron chi connectivity index (χ3n) is 6.57. The van der Waals surface area contributed by atoms with Gasteiger partial charge < -0.3 is 19.5 Å². The Labute approximate surface area is 228 Å². The summed E-state index contributed by atoms with van der Waals surface area (Å²) in [6, 6.07) is 17.6. The number of hydrogen-bond donors (Lipinski definition) is 1. The van der Waals surface area contributed by atoms with Gasteiger partial charge >= 0.3 is 0 Å². The van der Waals surface area contributed by atoms with Gasteiger partial charge in [-0.3, -0.25) is 9.59 Å². The summed E-state index contributed by atoms with van der Waals surface area (Å²) in [5.41, 5.74) is 2.77. The minimum absolute atomic E-state index is 0.00953. The van der Waals surface area contributed by atoms with Crippen LogP contribution in [0.1, 0.15) is 55.5 Å². The van der Waals surface area contributed by atoms with Crippen LogP contribution in [0.3, 0.4) is 0 Å².